The third-order valence-corrected chi connectivity index (χ3v) is 8.17. The van der Waals surface area contributed by atoms with Crippen LogP contribution in [0.15, 0.2) is 60.7 Å². The summed E-state index contributed by atoms with van der Waals surface area (Å²) in [6, 6.07) is 23.1. The molecule has 0 spiro atoms. The minimum Gasteiger partial charge on any atom is -0.194 e. The summed E-state index contributed by atoms with van der Waals surface area (Å²) in [4.78, 5) is 0. The van der Waals surface area contributed by atoms with Gasteiger partial charge in [0, 0.05) is 17.7 Å². The van der Waals surface area contributed by atoms with Gasteiger partial charge in [0.1, 0.15) is 7.05 Å². The van der Waals surface area contributed by atoms with Crippen LogP contribution in [-0.4, -0.2) is 0 Å². The molecule has 4 aromatic carbocycles. The van der Waals surface area contributed by atoms with Gasteiger partial charge in [-0.05, 0) is 106 Å². The van der Waals surface area contributed by atoms with Gasteiger partial charge in [-0.3, -0.25) is 0 Å². The molecule has 0 saturated carbocycles. The number of rotatable bonds is 2. The van der Waals surface area contributed by atoms with Gasteiger partial charge in [0.15, 0.2) is 0 Å². The van der Waals surface area contributed by atoms with E-state index in [0.29, 0.717) is 0 Å². The van der Waals surface area contributed by atoms with Crippen LogP contribution in [0.1, 0.15) is 48.6 Å². The first-order chi connectivity index (χ1) is 17.0. The summed E-state index contributed by atoms with van der Waals surface area (Å²) in [5, 5.41) is 4.14. The van der Waals surface area contributed by atoms with Crippen molar-refractivity contribution in [3.63, 3.8) is 0 Å². The van der Waals surface area contributed by atoms with Crippen LogP contribution in [0.5, 0.6) is 0 Å². The third kappa shape index (κ3) is 3.33. The van der Waals surface area contributed by atoms with E-state index in [9.17, 15) is 0 Å². The Labute approximate surface area is 215 Å². The molecule has 0 saturated heterocycles. The first-order valence-electron chi connectivity index (χ1n) is 13.1. The van der Waals surface area contributed by atoms with Gasteiger partial charge in [-0.1, -0.05) is 63.2 Å². The molecule has 0 bridgehead atoms. The lowest BCUT2D eigenvalue weighted by molar-refractivity contribution is -0.633. The average Bonchev–Trinajstić information content (AvgIpc) is 3.13. The Bertz CT molecular complexity index is 1720. The Morgan fingerprint density at radius 1 is 0.694 bits per heavy atom. The zero-order valence-corrected chi connectivity index (χ0v) is 22.9. The van der Waals surface area contributed by atoms with Crippen molar-refractivity contribution >= 4 is 21.7 Å². The molecular formula is C35H36N+. The number of benzene rings is 4. The normalized spacial score (nSPS) is 12.6. The first kappa shape index (κ1) is 23.0. The van der Waals surface area contributed by atoms with Crippen LogP contribution in [0, 0.1) is 33.1 Å². The molecule has 0 unspecified atom stereocenters. The van der Waals surface area contributed by atoms with Gasteiger partial charge in [0.05, 0.1) is 5.39 Å². The van der Waals surface area contributed by atoms with Crippen molar-refractivity contribution in [1.29, 1.82) is 0 Å². The second kappa shape index (κ2) is 7.77. The Kier molecular flexibility index (Phi) is 4.96. The van der Waals surface area contributed by atoms with Gasteiger partial charge in [-0.15, -0.1) is 0 Å². The fourth-order valence-corrected chi connectivity index (χ4v) is 6.58. The van der Waals surface area contributed by atoms with Crippen molar-refractivity contribution in [3.05, 3.63) is 88.5 Å². The van der Waals surface area contributed by atoms with Crippen molar-refractivity contribution < 1.29 is 4.57 Å². The van der Waals surface area contributed by atoms with Crippen LogP contribution >= 0.6 is 0 Å². The average molecular weight is 471 g/mol. The number of hydrogen-bond donors (Lipinski definition) is 0. The predicted octanol–water partition coefficient (Wildman–Crippen LogP) is 8.95. The van der Waals surface area contributed by atoms with Crippen molar-refractivity contribution in [3.8, 4) is 33.5 Å². The van der Waals surface area contributed by atoms with Crippen LogP contribution in [-0.2, 0) is 13.5 Å². The molecule has 0 N–H and O–H groups in total. The lowest BCUT2D eigenvalue weighted by atomic mass is 9.84. The van der Waals surface area contributed by atoms with Crippen LogP contribution in [0.2, 0.25) is 0 Å². The highest BCUT2D eigenvalue weighted by Crippen LogP contribution is 2.51. The molecule has 0 atom stereocenters. The van der Waals surface area contributed by atoms with Crippen LogP contribution < -0.4 is 4.57 Å². The highest BCUT2D eigenvalue weighted by atomic mass is 14.9. The standard InChI is InChI=1S/C35H36N/c1-20-15-21(2)32-25(19-35(5,6)7)17-30(36(8)31(32)16-20)28-18-29-26-13-9-11-24-12-10-14-27(34(24)26)33(29)23(4)22(28)3/h9-18H,19H2,1-8H3/q+1. The van der Waals surface area contributed by atoms with Gasteiger partial charge in [0.25, 0.3) is 0 Å². The lowest BCUT2D eigenvalue weighted by Gasteiger charge is -2.21. The number of pyridine rings is 1. The molecule has 0 radical (unpaired) electrons. The quantitative estimate of drug-likeness (QED) is 0.222. The van der Waals surface area contributed by atoms with Crippen LogP contribution in [0.4, 0.5) is 0 Å². The summed E-state index contributed by atoms with van der Waals surface area (Å²) in [5.74, 6) is 0. The minimum absolute atomic E-state index is 0.210. The minimum atomic E-state index is 0.210. The van der Waals surface area contributed by atoms with Gasteiger partial charge in [0.2, 0.25) is 11.2 Å². The molecule has 36 heavy (non-hydrogen) atoms. The summed E-state index contributed by atoms with van der Waals surface area (Å²) < 4.78 is 2.43. The summed E-state index contributed by atoms with van der Waals surface area (Å²) >= 11 is 0. The summed E-state index contributed by atoms with van der Waals surface area (Å²) in [5.41, 5.74) is 16.6. The van der Waals surface area contributed by atoms with E-state index >= 15 is 0 Å². The summed E-state index contributed by atoms with van der Waals surface area (Å²) in [6.07, 6.45) is 1.05. The molecule has 1 aliphatic rings. The molecule has 1 nitrogen and oxygen atoms in total. The number of nitrogens with zero attached hydrogens (tertiary/aromatic N) is 1. The van der Waals surface area contributed by atoms with Crippen molar-refractivity contribution in [1.82, 2.24) is 0 Å². The topological polar surface area (TPSA) is 3.88 Å². The van der Waals surface area contributed by atoms with E-state index < -0.39 is 0 Å². The van der Waals surface area contributed by atoms with Crippen molar-refractivity contribution in [2.45, 2.75) is 54.9 Å². The second-order valence-electron chi connectivity index (χ2n) is 12.1. The van der Waals surface area contributed by atoms with E-state index in [1.807, 2.05) is 0 Å². The zero-order chi connectivity index (χ0) is 25.5. The van der Waals surface area contributed by atoms with Crippen molar-refractivity contribution in [2.24, 2.45) is 12.5 Å². The maximum atomic E-state index is 2.48. The predicted molar refractivity (Wildman–Crippen MR) is 155 cm³/mol. The molecule has 180 valence electrons. The van der Waals surface area contributed by atoms with Crippen LogP contribution in [0.25, 0.3) is 55.2 Å². The number of aryl methyl sites for hydroxylation is 3. The smallest absolute Gasteiger partial charge is 0.194 e. The molecule has 0 aliphatic heterocycles. The van der Waals surface area contributed by atoms with E-state index in [1.165, 1.54) is 83.0 Å². The summed E-state index contributed by atoms with van der Waals surface area (Å²) in [6.45, 7) is 16.1. The SMILES string of the molecule is Cc1cc(C)c2c(CC(C)(C)C)cc(-c3cc4c(c(C)c3C)-c3cccc5cccc-4c35)[n+](C)c2c1. The Hall–Kier alpha value is -3.45. The largest absolute Gasteiger partial charge is 0.213 e. The second-order valence-corrected chi connectivity index (χ2v) is 12.1. The van der Waals surface area contributed by atoms with Gasteiger partial charge in [-0.25, -0.2) is 0 Å². The Balaban J connectivity index is 1.69. The van der Waals surface area contributed by atoms with Gasteiger partial charge >= 0.3 is 0 Å². The van der Waals surface area contributed by atoms with E-state index in [4.69, 9.17) is 0 Å². The molecular weight excluding hydrogens is 434 g/mol. The zero-order valence-electron chi connectivity index (χ0n) is 22.9. The lowest BCUT2D eigenvalue weighted by Crippen LogP contribution is -2.33. The maximum Gasteiger partial charge on any atom is 0.213 e. The van der Waals surface area contributed by atoms with E-state index in [0.717, 1.165) is 6.42 Å². The van der Waals surface area contributed by atoms with E-state index in [-0.39, 0.29) is 5.41 Å². The monoisotopic (exact) mass is 470 g/mol. The van der Waals surface area contributed by atoms with E-state index in [1.54, 1.807) is 0 Å². The van der Waals surface area contributed by atoms with Crippen LogP contribution in [0.3, 0.4) is 0 Å². The molecule has 1 aliphatic carbocycles. The fourth-order valence-electron chi connectivity index (χ4n) is 6.58. The fraction of sp³-hybridized carbons (Fsp3) is 0.286. The maximum absolute atomic E-state index is 2.48. The van der Waals surface area contributed by atoms with E-state index in [2.05, 4.69) is 121 Å². The number of fused-ring (bicyclic) bond motifs is 4. The molecule has 1 heteroatoms. The first-order valence-corrected chi connectivity index (χ1v) is 13.1. The molecule has 6 rings (SSSR count). The molecule has 1 heterocycles. The molecule has 0 amide bonds. The Morgan fingerprint density at radius 3 is 2.08 bits per heavy atom. The highest BCUT2D eigenvalue weighted by Gasteiger charge is 2.29. The number of aromatic nitrogens is 1. The molecule has 0 fully saturated rings. The number of hydrogen-bond acceptors (Lipinski definition) is 0. The highest BCUT2D eigenvalue weighted by molar-refractivity contribution is 6.16. The summed E-state index contributed by atoms with van der Waals surface area (Å²) in [7, 11) is 2.24. The van der Waals surface area contributed by atoms with Gasteiger partial charge in [-0.2, -0.15) is 4.57 Å². The van der Waals surface area contributed by atoms with Gasteiger partial charge < -0.3 is 0 Å². The van der Waals surface area contributed by atoms with Crippen molar-refractivity contribution in [2.75, 3.05) is 0 Å². The third-order valence-electron chi connectivity index (χ3n) is 8.17. The molecule has 5 aromatic rings. The Morgan fingerprint density at radius 2 is 1.39 bits per heavy atom. The molecule has 1 aromatic heterocycles.